The molecule has 1 atom stereocenters. The lowest BCUT2D eigenvalue weighted by Crippen LogP contribution is -2.31. The Balaban J connectivity index is 2.69. The molecule has 4 nitrogen and oxygen atoms in total. The van der Waals surface area contributed by atoms with Gasteiger partial charge in [-0.15, -0.1) is 0 Å². The van der Waals surface area contributed by atoms with Crippen LogP contribution in [0, 0.1) is 5.82 Å². The van der Waals surface area contributed by atoms with Gasteiger partial charge in [0.2, 0.25) is 10.0 Å². The third-order valence-corrected chi connectivity index (χ3v) is 4.02. The number of ether oxygens (including phenoxy) is 1. The van der Waals surface area contributed by atoms with Crippen LogP contribution in [0.5, 0.6) is 0 Å². The first-order chi connectivity index (χ1) is 8.48. The molecule has 0 saturated carbocycles. The Kier molecular flexibility index (Phi) is 5.71. The summed E-state index contributed by atoms with van der Waals surface area (Å²) >= 11 is 0. The molecule has 1 aromatic carbocycles. The fourth-order valence-electron chi connectivity index (χ4n) is 1.59. The summed E-state index contributed by atoms with van der Waals surface area (Å²) in [6.07, 6.45) is 0.0553. The van der Waals surface area contributed by atoms with E-state index in [-0.39, 0.29) is 18.1 Å². The molecule has 0 aliphatic carbocycles. The summed E-state index contributed by atoms with van der Waals surface area (Å²) in [6, 6.07) is 5.93. The first kappa shape index (κ1) is 15.1. The molecule has 1 aromatic rings. The van der Waals surface area contributed by atoms with Gasteiger partial charge in [0.25, 0.3) is 0 Å². The van der Waals surface area contributed by atoms with Gasteiger partial charge in [-0.25, -0.2) is 17.5 Å². The van der Waals surface area contributed by atoms with E-state index in [1.807, 2.05) is 0 Å². The van der Waals surface area contributed by atoms with E-state index >= 15 is 0 Å². The number of methoxy groups -OCH3 is 1. The van der Waals surface area contributed by atoms with Gasteiger partial charge in [0, 0.05) is 13.7 Å². The Morgan fingerprint density at radius 3 is 2.72 bits per heavy atom. The average Bonchev–Trinajstić information content (AvgIpc) is 2.29. The van der Waals surface area contributed by atoms with Gasteiger partial charge in [-0.2, -0.15) is 0 Å². The Hall–Kier alpha value is -0.980. The molecule has 0 aliphatic rings. The molecule has 1 rings (SSSR count). The summed E-state index contributed by atoms with van der Waals surface area (Å²) in [5.41, 5.74) is 0.608. The minimum Gasteiger partial charge on any atom is -0.375 e. The van der Waals surface area contributed by atoms with Crippen molar-refractivity contribution in [3.63, 3.8) is 0 Å². The molecule has 0 bridgehead atoms. The number of sulfonamides is 1. The van der Waals surface area contributed by atoms with E-state index in [0.717, 1.165) is 0 Å². The van der Waals surface area contributed by atoms with Crippen LogP contribution in [-0.4, -0.2) is 27.8 Å². The molecule has 0 spiro atoms. The summed E-state index contributed by atoms with van der Waals surface area (Å²) in [4.78, 5) is 0. The molecule has 0 amide bonds. The molecule has 6 heteroatoms. The van der Waals surface area contributed by atoms with E-state index in [4.69, 9.17) is 4.74 Å². The SMILES string of the molecule is CCCS(=O)(=O)NCC(OC)c1cccc(F)c1. The van der Waals surface area contributed by atoms with Crippen molar-refractivity contribution >= 4 is 10.0 Å². The number of hydrogen-bond acceptors (Lipinski definition) is 3. The van der Waals surface area contributed by atoms with Crippen molar-refractivity contribution in [3.05, 3.63) is 35.6 Å². The van der Waals surface area contributed by atoms with E-state index in [9.17, 15) is 12.8 Å². The molecular formula is C12H18FNO3S. The largest absolute Gasteiger partial charge is 0.375 e. The second-order valence-corrected chi connectivity index (χ2v) is 5.87. The Morgan fingerprint density at radius 2 is 2.17 bits per heavy atom. The molecule has 0 fully saturated rings. The smallest absolute Gasteiger partial charge is 0.211 e. The van der Waals surface area contributed by atoms with Gasteiger partial charge >= 0.3 is 0 Å². The second-order valence-electron chi connectivity index (χ2n) is 3.95. The van der Waals surface area contributed by atoms with Crippen LogP contribution in [-0.2, 0) is 14.8 Å². The van der Waals surface area contributed by atoms with Crippen molar-refractivity contribution in [1.82, 2.24) is 4.72 Å². The predicted octanol–water partition coefficient (Wildman–Crippen LogP) is 1.84. The zero-order chi connectivity index (χ0) is 13.6. The molecule has 1 unspecified atom stereocenters. The van der Waals surface area contributed by atoms with E-state index < -0.39 is 16.1 Å². The maximum atomic E-state index is 13.1. The molecule has 0 heterocycles. The number of nitrogens with one attached hydrogen (secondary N) is 1. The van der Waals surface area contributed by atoms with Crippen LogP contribution in [0.3, 0.4) is 0 Å². The normalized spacial score (nSPS) is 13.5. The predicted molar refractivity (Wildman–Crippen MR) is 68.2 cm³/mol. The van der Waals surface area contributed by atoms with Crippen molar-refractivity contribution in [1.29, 1.82) is 0 Å². The van der Waals surface area contributed by atoms with Crippen molar-refractivity contribution in [2.75, 3.05) is 19.4 Å². The monoisotopic (exact) mass is 275 g/mol. The quantitative estimate of drug-likeness (QED) is 0.826. The minimum absolute atomic E-state index is 0.0760. The maximum absolute atomic E-state index is 13.1. The Morgan fingerprint density at radius 1 is 1.44 bits per heavy atom. The minimum atomic E-state index is -3.28. The Labute approximate surface area is 107 Å². The van der Waals surface area contributed by atoms with Crippen LogP contribution in [0.2, 0.25) is 0 Å². The highest BCUT2D eigenvalue weighted by molar-refractivity contribution is 7.89. The van der Waals surface area contributed by atoms with Gasteiger partial charge in [0.15, 0.2) is 0 Å². The van der Waals surface area contributed by atoms with Crippen molar-refractivity contribution in [2.24, 2.45) is 0 Å². The fraction of sp³-hybridized carbons (Fsp3) is 0.500. The third kappa shape index (κ3) is 4.72. The maximum Gasteiger partial charge on any atom is 0.211 e. The van der Waals surface area contributed by atoms with E-state index in [1.54, 1.807) is 19.1 Å². The molecule has 1 N–H and O–H groups in total. The summed E-state index contributed by atoms with van der Waals surface area (Å²) in [5, 5.41) is 0. The molecular weight excluding hydrogens is 257 g/mol. The topological polar surface area (TPSA) is 55.4 Å². The Bertz CT molecular complexity index is 476. The van der Waals surface area contributed by atoms with Crippen LogP contribution in [0.15, 0.2) is 24.3 Å². The van der Waals surface area contributed by atoms with Crippen LogP contribution >= 0.6 is 0 Å². The lowest BCUT2D eigenvalue weighted by atomic mass is 10.1. The third-order valence-electron chi connectivity index (χ3n) is 2.47. The van der Waals surface area contributed by atoms with Gasteiger partial charge in [0.05, 0.1) is 11.9 Å². The van der Waals surface area contributed by atoms with Crippen LogP contribution in [0.1, 0.15) is 25.0 Å². The van der Waals surface area contributed by atoms with E-state index in [2.05, 4.69) is 4.72 Å². The fourth-order valence-corrected chi connectivity index (χ4v) is 2.67. The van der Waals surface area contributed by atoms with Crippen LogP contribution < -0.4 is 4.72 Å². The van der Waals surface area contributed by atoms with Crippen molar-refractivity contribution in [3.8, 4) is 0 Å². The molecule has 0 aliphatic heterocycles. The van der Waals surface area contributed by atoms with Gasteiger partial charge < -0.3 is 4.74 Å². The van der Waals surface area contributed by atoms with Crippen molar-refractivity contribution in [2.45, 2.75) is 19.4 Å². The second kappa shape index (κ2) is 6.82. The number of halogens is 1. The lowest BCUT2D eigenvalue weighted by Gasteiger charge is -2.16. The van der Waals surface area contributed by atoms with Gasteiger partial charge in [0.1, 0.15) is 5.82 Å². The van der Waals surface area contributed by atoms with Gasteiger partial charge in [-0.05, 0) is 24.1 Å². The molecule has 0 aromatic heterocycles. The van der Waals surface area contributed by atoms with Crippen LogP contribution in [0.25, 0.3) is 0 Å². The van der Waals surface area contributed by atoms with Gasteiger partial charge in [-0.3, -0.25) is 0 Å². The number of rotatable bonds is 7. The van der Waals surface area contributed by atoms with E-state index in [0.29, 0.717) is 12.0 Å². The van der Waals surface area contributed by atoms with Crippen molar-refractivity contribution < 1.29 is 17.5 Å². The molecule has 18 heavy (non-hydrogen) atoms. The summed E-state index contributed by atoms with van der Waals surface area (Å²) in [5.74, 6) is -0.293. The zero-order valence-corrected chi connectivity index (χ0v) is 11.3. The first-order valence-electron chi connectivity index (χ1n) is 5.74. The summed E-state index contributed by atoms with van der Waals surface area (Å²) < 4.78 is 43.7. The molecule has 102 valence electrons. The number of benzene rings is 1. The lowest BCUT2D eigenvalue weighted by molar-refractivity contribution is 0.107. The summed E-state index contributed by atoms with van der Waals surface area (Å²) in [6.45, 7) is 1.89. The van der Waals surface area contributed by atoms with Gasteiger partial charge in [-0.1, -0.05) is 19.1 Å². The number of hydrogen-bond donors (Lipinski definition) is 1. The van der Waals surface area contributed by atoms with E-state index in [1.165, 1.54) is 19.2 Å². The first-order valence-corrected chi connectivity index (χ1v) is 7.39. The van der Waals surface area contributed by atoms with Crippen LogP contribution in [0.4, 0.5) is 4.39 Å². The molecule has 0 saturated heterocycles. The average molecular weight is 275 g/mol. The highest BCUT2D eigenvalue weighted by Crippen LogP contribution is 2.16. The summed E-state index contributed by atoms with van der Waals surface area (Å²) in [7, 11) is -1.82. The molecule has 0 radical (unpaired) electrons. The highest BCUT2D eigenvalue weighted by Gasteiger charge is 2.15. The standard InChI is InChI=1S/C12H18FNO3S/c1-3-7-18(15,16)14-9-12(17-2)10-5-4-6-11(13)8-10/h4-6,8,12,14H,3,7,9H2,1-2H3. The zero-order valence-electron chi connectivity index (χ0n) is 10.5. The highest BCUT2D eigenvalue weighted by atomic mass is 32.2.